The number of aliphatic hydroxyl groups excluding tert-OH is 4. The molecular weight excluding hydrogens is 2350 g/mol. The second kappa shape index (κ2) is 53.1. The van der Waals surface area contributed by atoms with Gasteiger partial charge >= 0.3 is 84.3 Å². The fourth-order valence-corrected chi connectivity index (χ4v) is 12.3. The summed E-state index contributed by atoms with van der Waals surface area (Å²) in [5.41, 5.74) is 11.9. The van der Waals surface area contributed by atoms with Gasteiger partial charge in [-0.1, -0.05) is 128 Å². The minimum absolute atomic E-state index is 0. The van der Waals surface area contributed by atoms with Crippen molar-refractivity contribution in [3.63, 3.8) is 0 Å². The van der Waals surface area contributed by atoms with Crippen molar-refractivity contribution in [2.75, 3.05) is 39.2 Å². The van der Waals surface area contributed by atoms with Gasteiger partial charge in [0.1, 0.15) is 46.5 Å². The van der Waals surface area contributed by atoms with Crippen molar-refractivity contribution >= 4 is 115 Å². The molecule has 0 saturated heterocycles. The van der Waals surface area contributed by atoms with Gasteiger partial charge in [-0.15, -0.1) is 49.4 Å². The predicted molar refractivity (Wildman–Crippen MR) is 498 cm³/mol. The number of aromatic nitrogens is 8. The molecule has 28 heteroatoms. The molecule has 0 unspecified atom stereocenters. The minimum atomic E-state index is -0.125. The number of benzene rings is 8. The van der Waals surface area contributed by atoms with Gasteiger partial charge in [0.15, 0.2) is 23.1 Å². The summed E-state index contributed by atoms with van der Waals surface area (Å²) < 4.78 is 0. The number of nitrogens with zero attached hydrogens (tertiary/aromatic N) is 16. The van der Waals surface area contributed by atoms with Gasteiger partial charge in [-0.3, -0.25) is 19.2 Å². The molecular formula is C101H106N16O8Pt4. The van der Waals surface area contributed by atoms with Crippen LogP contribution >= 0.6 is 0 Å². The van der Waals surface area contributed by atoms with Crippen LogP contribution in [0.25, 0.3) is 0 Å². The molecule has 8 aromatic carbocycles. The van der Waals surface area contributed by atoms with E-state index in [1.165, 1.54) is 79.7 Å². The number of aryl methyl sites for hydroxylation is 1. The second-order valence-electron chi connectivity index (χ2n) is 30.6. The first-order valence-corrected chi connectivity index (χ1v) is 40.7. The summed E-state index contributed by atoms with van der Waals surface area (Å²) in [6.07, 6.45) is 13.9. The number of para-hydroxylation sites is 8. The Balaban J connectivity index is 0.000000274. The maximum atomic E-state index is 10.0. The summed E-state index contributed by atoms with van der Waals surface area (Å²) in [5.74, 6) is 7.34. The first-order valence-electron chi connectivity index (χ1n) is 40.7. The first-order chi connectivity index (χ1) is 59.9. The zero-order valence-electron chi connectivity index (χ0n) is 74.6. The van der Waals surface area contributed by atoms with Gasteiger partial charge < -0.3 is 59.6 Å². The van der Waals surface area contributed by atoms with Gasteiger partial charge in [-0.2, -0.15) is 121 Å². The van der Waals surface area contributed by atoms with Crippen molar-refractivity contribution in [3.05, 3.63) is 364 Å². The van der Waals surface area contributed by atoms with E-state index in [2.05, 4.69) is 158 Å². The molecule has 678 valence electrons. The maximum absolute atomic E-state index is 10.0. The number of hydrogen-bond donors (Lipinski definition) is 4. The summed E-state index contributed by atoms with van der Waals surface area (Å²) in [4.78, 5) is 94.8. The quantitative estimate of drug-likeness (QED) is 0.0397. The zero-order valence-corrected chi connectivity index (χ0v) is 83.7. The number of fused-ring (bicyclic) bond motifs is 4. The van der Waals surface area contributed by atoms with Crippen LogP contribution in [-0.2, 0) is 122 Å². The molecule has 0 amide bonds. The normalized spacial score (nSPS) is 12.6. The van der Waals surface area contributed by atoms with Crippen LogP contribution in [-0.4, -0.2) is 83.4 Å². The Morgan fingerprint density at radius 3 is 0.837 bits per heavy atom. The Kier molecular flexibility index (Phi) is 44.3. The van der Waals surface area contributed by atoms with E-state index in [4.69, 9.17) is 55.3 Å². The van der Waals surface area contributed by atoms with E-state index >= 15 is 0 Å². The molecule has 129 heavy (non-hydrogen) atoms. The van der Waals surface area contributed by atoms with Gasteiger partial charge in [-0.25, -0.2) is 39.9 Å². The molecule has 24 nitrogen and oxygen atoms in total. The Hall–Kier alpha value is -11.9. The summed E-state index contributed by atoms with van der Waals surface area (Å²) in [6.45, 7) is 36.7. The number of rotatable bonds is 16. The molecule has 4 aromatic heterocycles. The van der Waals surface area contributed by atoms with Crippen molar-refractivity contribution in [3.8, 4) is 0 Å². The molecule has 0 aliphatic carbocycles. The van der Waals surface area contributed by atoms with Crippen molar-refractivity contribution < 1.29 is 124 Å². The van der Waals surface area contributed by atoms with Crippen LogP contribution in [0.5, 0.6) is 0 Å². The summed E-state index contributed by atoms with van der Waals surface area (Å²) in [5, 5.41) is 33.5. The van der Waals surface area contributed by atoms with E-state index < -0.39 is 0 Å². The van der Waals surface area contributed by atoms with Gasteiger partial charge in [0.05, 0.1) is 70.6 Å². The van der Waals surface area contributed by atoms with Crippen LogP contribution in [0.2, 0.25) is 0 Å². The molecule has 0 saturated carbocycles. The van der Waals surface area contributed by atoms with Crippen LogP contribution in [0, 0.1) is 56.9 Å². The third-order valence-electron chi connectivity index (χ3n) is 17.7. The second-order valence-corrected chi connectivity index (χ2v) is 30.6. The number of hydrogen-bond acceptors (Lipinski definition) is 24. The van der Waals surface area contributed by atoms with E-state index in [9.17, 15) is 19.2 Å². The Labute approximate surface area is 816 Å². The number of carbonyl (C=O) groups excluding carboxylic acids is 4. The van der Waals surface area contributed by atoms with E-state index in [0.717, 1.165) is 128 Å². The van der Waals surface area contributed by atoms with Crippen molar-refractivity contribution in [2.24, 2.45) is 5.92 Å². The van der Waals surface area contributed by atoms with E-state index in [-0.39, 0.29) is 136 Å². The molecule has 16 rings (SSSR count). The molecule has 0 atom stereocenters. The smallest absolute Gasteiger partial charge is 0.512 e. The fourth-order valence-electron chi connectivity index (χ4n) is 12.3. The van der Waals surface area contributed by atoms with Gasteiger partial charge in [-0.05, 0) is 129 Å². The fraction of sp³-hybridized carbons (Fsp3) is 0.208. The number of aliphatic hydroxyl groups is 4. The molecule has 12 aromatic rings. The topological polar surface area (TPSA) is 278 Å². The summed E-state index contributed by atoms with van der Waals surface area (Å²) in [7, 11) is 0. The first kappa shape index (κ1) is 108. The van der Waals surface area contributed by atoms with Gasteiger partial charge in [0, 0.05) is 52.5 Å². The van der Waals surface area contributed by atoms with Crippen molar-refractivity contribution in [1.29, 1.82) is 0 Å². The maximum Gasteiger partial charge on any atom is 2.00 e. The molecule has 4 aliphatic heterocycles. The Morgan fingerprint density at radius 1 is 0.341 bits per heavy atom. The van der Waals surface area contributed by atoms with Gasteiger partial charge in [0.2, 0.25) is 0 Å². The van der Waals surface area contributed by atoms with Crippen molar-refractivity contribution in [2.45, 2.75) is 135 Å². The average molecular weight is 2450 g/mol. The van der Waals surface area contributed by atoms with E-state index in [0.29, 0.717) is 11.8 Å². The van der Waals surface area contributed by atoms with Gasteiger partial charge in [0.25, 0.3) is 0 Å². The van der Waals surface area contributed by atoms with Crippen LogP contribution in [0.3, 0.4) is 0 Å². The van der Waals surface area contributed by atoms with Crippen LogP contribution in [0.4, 0.5) is 92.0 Å². The van der Waals surface area contributed by atoms with E-state index in [1.807, 2.05) is 236 Å². The Morgan fingerprint density at radius 2 is 0.597 bits per heavy atom. The molecule has 4 N–H and O–H groups in total. The van der Waals surface area contributed by atoms with Crippen LogP contribution < -0.4 is 39.2 Å². The molecule has 0 bridgehead atoms. The third-order valence-corrected chi connectivity index (χ3v) is 17.7. The van der Waals surface area contributed by atoms with E-state index in [1.54, 1.807) is 0 Å². The number of carbonyl (C=O) groups is 4. The molecule has 0 radical (unpaired) electrons. The third kappa shape index (κ3) is 32.4. The standard InChI is InChI=1S/2C21H20N4.C20H18N4.C19H16N4.4C5H8O2.4Pt/c1-21(2,3)18-14-22-19-20(23-18)25(17-12-8-5-9-13-17)15-24(19)16-10-6-4-7-11-16;1-16(2)13-17-14-22-20-21(23-17)25(19-11-7-4-8-12-19)15-24(20)18-9-5-3-6-10-18;1-15(2)18-13-21-19-20(22-18)24(17-11-7-4-8-12-17)14-23(19)16-9-5-3-6-10-16;1-2-15-13-20-18-19(21-15)23(17-11-7-4-8-12-17)14-22(18)16-9-5-3-6-10-16;4*1-4(6)3-5(2)7;;;;/h4-12,14-15H,1-3H3;3-11,14-16H,13H2,1-2H3;3-11,13-15H,1-2H3;3-11,13-14H,2H2,1H3;4*3,6H,1-2H3;;;;/q4*-2;;;;;4*+2. The zero-order chi connectivity index (χ0) is 90.3. The minimum Gasteiger partial charge on any atom is -0.512 e. The molecule has 0 fully saturated rings. The number of anilines is 16. The monoisotopic (exact) mass is 2450 g/mol. The summed E-state index contributed by atoms with van der Waals surface area (Å²) in [6, 6.07) is 85.5. The average Bonchev–Trinajstić information content (AvgIpc) is 1.38. The largest absolute Gasteiger partial charge is 2.00 e. The summed E-state index contributed by atoms with van der Waals surface area (Å²) >= 11 is 0. The Bertz CT molecular complexity index is 5510. The van der Waals surface area contributed by atoms with Crippen LogP contribution in [0.15, 0.2) is 291 Å². The SMILES string of the molecule is CC(=O)C=C(C)O.CC(=O)C=C(C)O.CC(=O)C=C(C)O.CC(=O)C=C(C)O.CC(C)(C)c1cnc2c(n1)N(c1[c-]cccc1)[CH-]N2c1ccccc1.CC(C)Cc1cnc2c(n1)N(c1[c-]cccc1)[CH-]N2c1ccccc1.CC(C)c1cnc2c(n1)N(c1[c-]cccc1)[CH-]N2c1ccccc1.CCc1cnc2c(n1)N(c1[c-]cccc1)[CH-]N2c1ccccc1.[Pt+2].[Pt+2].[Pt+2].[Pt+2]. The van der Waals surface area contributed by atoms with Crippen molar-refractivity contribution in [1.82, 2.24) is 39.9 Å². The molecule has 8 heterocycles. The van der Waals surface area contributed by atoms with Crippen LogP contribution in [0.1, 0.15) is 139 Å². The predicted octanol–water partition coefficient (Wildman–Crippen LogP) is 23.1. The number of ketones is 4. The molecule has 0 spiro atoms. The molecule has 4 aliphatic rings. The number of allylic oxidation sites excluding steroid dienone is 8.